The van der Waals surface area contributed by atoms with E-state index < -0.39 is 0 Å². The standard InChI is InChI=1S/C18H16N6OS2/c1-3-13-10(2)8-14(27-13)16-21-20-15(25-16)9-26-18-23-22-17-19-11-6-4-5-7-12(11)24(17)18/h4-8H,3,9H2,1-2H3,(H,19,22). The second kappa shape index (κ2) is 6.50. The summed E-state index contributed by atoms with van der Waals surface area (Å²) in [6.45, 7) is 4.27. The predicted octanol–water partition coefficient (Wildman–Crippen LogP) is 4.49. The van der Waals surface area contributed by atoms with Gasteiger partial charge < -0.3 is 4.42 Å². The summed E-state index contributed by atoms with van der Waals surface area (Å²) in [5.74, 6) is 2.44. The smallest absolute Gasteiger partial charge is 0.257 e. The summed E-state index contributed by atoms with van der Waals surface area (Å²) in [4.78, 5) is 6.91. The molecule has 4 aromatic heterocycles. The molecule has 0 aliphatic carbocycles. The molecule has 1 N–H and O–H groups in total. The van der Waals surface area contributed by atoms with Gasteiger partial charge in [0.2, 0.25) is 11.7 Å². The molecule has 0 aliphatic rings. The first-order chi connectivity index (χ1) is 13.2. The van der Waals surface area contributed by atoms with E-state index in [1.807, 2.05) is 28.7 Å². The van der Waals surface area contributed by atoms with Gasteiger partial charge in [-0.3, -0.25) is 4.40 Å². The summed E-state index contributed by atoms with van der Waals surface area (Å²) >= 11 is 3.25. The minimum atomic E-state index is 0.546. The number of aryl methyl sites for hydroxylation is 2. The fraction of sp³-hybridized carbons (Fsp3) is 0.222. The molecule has 1 aromatic carbocycles. The Labute approximate surface area is 162 Å². The highest BCUT2D eigenvalue weighted by molar-refractivity contribution is 7.98. The van der Waals surface area contributed by atoms with Crippen molar-refractivity contribution in [3.63, 3.8) is 0 Å². The van der Waals surface area contributed by atoms with Crippen molar-refractivity contribution in [2.24, 2.45) is 0 Å². The predicted molar refractivity (Wildman–Crippen MR) is 106 cm³/mol. The molecule has 0 saturated heterocycles. The molecule has 4 heterocycles. The number of fused-ring (bicyclic) bond motifs is 3. The topological polar surface area (TPSA) is 84.9 Å². The van der Waals surface area contributed by atoms with Crippen molar-refractivity contribution in [1.29, 1.82) is 0 Å². The average molecular weight is 397 g/mol. The zero-order chi connectivity index (χ0) is 18.4. The molecule has 0 spiro atoms. The minimum Gasteiger partial charge on any atom is -0.419 e. The molecule has 27 heavy (non-hydrogen) atoms. The lowest BCUT2D eigenvalue weighted by Crippen LogP contribution is -1.87. The molecule has 0 atom stereocenters. The Balaban J connectivity index is 1.39. The highest BCUT2D eigenvalue weighted by Crippen LogP contribution is 2.32. The van der Waals surface area contributed by atoms with Gasteiger partial charge in [-0.15, -0.1) is 26.6 Å². The summed E-state index contributed by atoms with van der Waals surface area (Å²) in [5.41, 5.74) is 3.24. The van der Waals surface area contributed by atoms with Crippen molar-refractivity contribution in [2.45, 2.75) is 31.2 Å². The second-order valence-electron chi connectivity index (χ2n) is 6.13. The number of nitrogens with zero attached hydrogens (tertiary/aromatic N) is 5. The second-order valence-corrected chi connectivity index (χ2v) is 8.20. The average Bonchev–Trinajstić information content (AvgIpc) is 3.43. The highest BCUT2D eigenvalue weighted by atomic mass is 32.2. The van der Waals surface area contributed by atoms with Gasteiger partial charge in [-0.1, -0.05) is 30.8 Å². The van der Waals surface area contributed by atoms with Crippen LogP contribution in [0.5, 0.6) is 0 Å². The Morgan fingerprint density at radius 3 is 3.00 bits per heavy atom. The Morgan fingerprint density at radius 2 is 2.15 bits per heavy atom. The lowest BCUT2D eigenvalue weighted by molar-refractivity contribution is 0.529. The number of hydrogen-bond donors (Lipinski definition) is 1. The first-order valence-electron chi connectivity index (χ1n) is 8.59. The van der Waals surface area contributed by atoms with Crippen LogP contribution in [0.4, 0.5) is 0 Å². The van der Waals surface area contributed by atoms with Crippen molar-refractivity contribution in [3.05, 3.63) is 46.7 Å². The number of aromatic amines is 1. The monoisotopic (exact) mass is 396 g/mol. The van der Waals surface area contributed by atoms with Gasteiger partial charge in [0, 0.05) is 4.88 Å². The lowest BCUT2D eigenvalue weighted by Gasteiger charge is -1.96. The van der Waals surface area contributed by atoms with Crippen molar-refractivity contribution in [3.8, 4) is 10.8 Å². The van der Waals surface area contributed by atoms with Crippen LogP contribution in [0.1, 0.15) is 23.3 Å². The van der Waals surface area contributed by atoms with Crippen molar-refractivity contribution < 1.29 is 4.42 Å². The van der Waals surface area contributed by atoms with E-state index >= 15 is 0 Å². The first-order valence-corrected chi connectivity index (χ1v) is 10.4. The zero-order valence-electron chi connectivity index (χ0n) is 14.8. The number of nitrogens with one attached hydrogen (secondary N) is 1. The molecule has 7 nitrogen and oxygen atoms in total. The molecule has 9 heteroatoms. The minimum absolute atomic E-state index is 0.546. The van der Waals surface area contributed by atoms with E-state index in [-0.39, 0.29) is 0 Å². The van der Waals surface area contributed by atoms with Gasteiger partial charge in [-0.25, -0.2) is 10.1 Å². The molecular formula is C18H16N6OS2. The molecule has 0 amide bonds. The highest BCUT2D eigenvalue weighted by Gasteiger charge is 2.16. The molecule has 0 unspecified atom stereocenters. The van der Waals surface area contributed by atoms with Crippen LogP contribution in [-0.4, -0.2) is 29.8 Å². The third-order valence-corrected chi connectivity index (χ3v) is 6.64. The summed E-state index contributed by atoms with van der Waals surface area (Å²) < 4.78 is 7.87. The van der Waals surface area contributed by atoms with Gasteiger partial charge >= 0.3 is 0 Å². The number of H-pyrrole nitrogens is 1. The zero-order valence-corrected chi connectivity index (χ0v) is 16.4. The Kier molecular flexibility index (Phi) is 3.98. The van der Waals surface area contributed by atoms with Crippen molar-refractivity contribution >= 4 is 39.9 Å². The molecule has 0 saturated carbocycles. The van der Waals surface area contributed by atoms with Gasteiger partial charge in [0.25, 0.3) is 5.89 Å². The van der Waals surface area contributed by atoms with Crippen LogP contribution in [0.2, 0.25) is 0 Å². The third-order valence-electron chi connectivity index (χ3n) is 4.35. The molecular weight excluding hydrogens is 380 g/mol. The third kappa shape index (κ3) is 2.83. The van der Waals surface area contributed by atoms with E-state index in [2.05, 4.69) is 45.3 Å². The lowest BCUT2D eigenvalue weighted by atomic mass is 10.2. The normalized spacial score (nSPS) is 11.8. The van der Waals surface area contributed by atoms with Crippen molar-refractivity contribution in [2.75, 3.05) is 0 Å². The van der Waals surface area contributed by atoms with E-state index in [0.717, 1.165) is 33.3 Å². The number of imidazole rings is 1. The number of aromatic nitrogens is 6. The summed E-state index contributed by atoms with van der Waals surface area (Å²) in [6, 6.07) is 10.1. The van der Waals surface area contributed by atoms with Crippen molar-refractivity contribution in [1.82, 2.24) is 29.8 Å². The van der Waals surface area contributed by atoms with Gasteiger partial charge in [0.15, 0.2) is 5.16 Å². The molecule has 0 bridgehead atoms. The molecule has 5 aromatic rings. The molecule has 0 fully saturated rings. The van der Waals surface area contributed by atoms with Gasteiger partial charge in [0.1, 0.15) is 0 Å². The largest absolute Gasteiger partial charge is 0.419 e. The maximum Gasteiger partial charge on any atom is 0.257 e. The van der Waals surface area contributed by atoms with E-state index in [0.29, 0.717) is 17.5 Å². The van der Waals surface area contributed by atoms with Crippen LogP contribution in [0, 0.1) is 6.92 Å². The van der Waals surface area contributed by atoms with Crippen LogP contribution >= 0.6 is 23.1 Å². The number of para-hydroxylation sites is 2. The van der Waals surface area contributed by atoms with Crippen LogP contribution in [0.25, 0.3) is 27.6 Å². The summed E-state index contributed by atoms with van der Waals surface area (Å²) in [7, 11) is 0. The van der Waals surface area contributed by atoms with Crippen LogP contribution in [-0.2, 0) is 12.2 Å². The molecule has 0 radical (unpaired) electrons. The van der Waals surface area contributed by atoms with E-state index in [4.69, 9.17) is 4.42 Å². The quantitative estimate of drug-likeness (QED) is 0.441. The van der Waals surface area contributed by atoms with E-state index in [9.17, 15) is 0 Å². The first kappa shape index (κ1) is 16.5. The number of benzene rings is 1. The summed E-state index contributed by atoms with van der Waals surface area (Å²) in [5, 5.41) is 16.6. The number of hydrogen-bond acceptors (Lipinski definition) is 7. The maximum atomic E-state index is 5.87. The van der Waals surface area contributed by atoms with Gasteiger partial charge in [-0.05, 0) is 37.1 Å². The van der Waals surface area contributed by atoms with Gasteiger partial charge in [-0.2, -0.15) is 0 Å². The molecule has 5 rings (SSSR count). The Morgan fingerprint density at radius 1 is 1.26 bits per heavy atom. The Bertz CT molecular complexity index is 1250. The maximum absolute atomic E-state index is 5.87. The summed E-state index contributed by atoms with van der Waals surface area (Å²) in [6.07, 6.45) is 1.02. The Hall–Kier alpha value is -2.65. The molecule has 136 valence electrons. The van der Waals surface area contributed by atoms with Gasteiger partial charge in [0.05, 0.1) is 21.7 Å². The fourth-order valence-corrected chi connectivity index (χ4v) is 4.88. The van der Waals surface area contributed by atoms with E-state index in [1.54, 1.807) is 11.3 Å². The number of thiophene rings is 1. The number of thioether (sulfide) groups is 1. The van der Waals surface area contributed by atoms with Crippen LogP contribution < -0.4 is 0 Å². The van der Waals surface area contributed by atoms with E-state index in [1.165, 1.54) is 22.2 Å². The molecule has 0 aliphatic heterocycles. The van der Waals surface area contributed by atoms with Crippen LogP contribution in [0.15, 0.2) is 39.9 Å². The fourth-order valence-electron chi connectivity index (χ4n) is 3.05. The SMILES string of the molecule is CCc1sc(-c2nnc(CSc3n[nH]c4nc5ccccc5n34)o2)cc1C. The number of rotatable bonds is 5. The van der Waals surface area contributed by atoms with Crippen LogP contribution in [0.3, 0.4) is 0 Å².